The summed E-state index contributed by atoms with van der Waals surface area (Å²) in [4.78, 5) is 12.3. The standard InChI is InChI=1S/C16H21N3OSi/c1-21(2,3)15-6-4-5-14(10-15)19-16(20)11-7-12(17)9-13(18)8-11/h4-10H,17-18H2,1-3H3,(H,19,20). The lowest BCUT2D eigenvalue weighted by Gasteiger charge is -2.17. The fraction of sp³-hybridized carbons (Fsp3) is 0.188. The summed E-state index contributed by atoms with van der Waals surface area (Å²) in [7, 11) is -1.40. The van der Waals surface area contributed by atoms with Crippen LogP contribution in [0.2, 0.25) is 19.6 Å². The highest BCUT2D eigenvalue weighted by Gasteiger charge is 2.17. The predicted octanol–water partition coefficient (Wildman–Crippen LogP) is 2.65. The molecule has 5 heteroatoms. The molecule has 2 aromatic rings. The Hall–Kier alpha value is -2.27. The van der Waals surface area contributed by atoms with Crippen molar-refractivity contribution in [2.24, 2.45) is 0 Å². The molecule has 0 radical (unpaired) electrons. The van der Waals surface area contributed by atoms with Crippen LogP contribution < -0.4 is 22.0 Å². The lowest BCUT2D eigenvalue weighted by atomic mass is 10.1. The monoisotopic (exact) mass is 299 g/mol. The van der Waals surface area contributed by atoms with Gasteiger partial charge in [0.05, 0.1) is 8.07 Å². The average molecular weight is 299 g/mol. The first-order valence-electron chi connectivity index (χ1n) is 6.83. The number of carbonyl (C=O) groups is 1. The maximum Gasteiger partial charge on any atom is 0.255 e. The number of amides is 1. The van der Waals surface area contributed by atoms with Gasteiger partial charge in [-0.1, -0.05) is 37.0 Å². The van der Waals surface area contributed by atoms with Gasteiger partial charge in [-0.05, 0) is 30.3 Å². The minimum Gasteiger partial charge on any atom is -0.399 e. The molecule has 0 bridgehead atoms. The summed E-state index contributed by atoms with van der Waals surface area (Å²) in [5.41, 5.74) is 13.7. The second kappa shape index (κ2) is 5.61. The molecule has 0 aliphatic rings. The fourth-order valence-electron chi connectivity index (χ4n) is 2.07. The number of anilines is 3. The Morgan fingerprint density at radius 1 is 1.00 bits per heavy atom. The van der Waals surface area contributed by atoms with Crippen LogP contribution in [0.25, 0.3) is 0 Å². The molecule has 4 nitrogen and oxygen atoms in total. The van der Waals surface area contributed by atoms with Crippen LogP contribution in [0.1, 0.15) is 10.4 Å². The van der Waals surface area contributed by atoms with Gasteiger partial charge in [-0.3, -0.25) is 4.79 Å². The summed E-state index contributed by atoms with van der Waals surface area (Å²) in [6, 6.07) is 12.9. The van der Waals surface area contributed by atoms with Crippen molar-refractivity contribution < 1.29 is 4.79 Å². The van der Waals surface area contributed by atoms with E-state index in [2.05, 4.69) is 31.0 Å². The SMILES string of the molecule is C[Si](C)(C)c1cccc(NC(=O)c2cc(N)cc(N)c2)c1. The third-order valence-corrected chi connectivity index (χ3v) is 5.27. The van der Waals surface area contributed by atoms with Crippen LogP contribution in [0.5, 0.6) is 0 Å². The number of nitrogens with two attached hydrogens (primary N) is 2. The van der Waals surface area contributed by atoms with Crippen molar-refractivity contribution in [3.63, 3.8) is 0 Å². The van der Waals surface area contributed by atoms with E-state index >= 15 is 0 Å². The first kappa shape index (κ1) is 15.1. The maximum atomic E-state index is 12.3. The zero-order chi connectivity index (χ0) is 15.6. The highest BCUT2D eigenvalue weighted by atomic mass is 28.3. The molecule has 110 valence electrons. The lowest BCUT2D eigenvalue weighted by molar-refractivity contribution is 0.102. The van der Waals surface area contributed by atoms with E-state index in [-0.39, 0.29) is 5.91 Å². The number of benzene rings is 2. The summed E-state index contributed by atoms with van der Waals surface area (Å²) in [5, 5.41) is 4.20. The smallest absolute Gasteiger partial charge is 0.255 e. The molecule has 0 aliphatic carbocycles. The number of nitrogens with one attached hydrogen (secondary N) is 1. The van der Waals surface area contributed by atoms with Gasteiger partial charge in [0.25, 0.3) is 5.91 Å². The van der Waals surface area contributed by atoms with E-state index in [0.717, 1.165) is 5.69 Å². The van der Waals surface area contributed by atoms with Gasteiger partial charge in [0.2, 0.25) is 0 Å². The average Bonchev–Trinajstić information content (AvgIpc) is 2.37. The molecule has 2 rings (SSSR count). The Morgan fingerprint density at radius 3 is 2.19 bits per heavy atom. The third-order valence-electron chi connectivity index (χ3n) is 3.23. The first-order valence-corrected chi connectivity index (χ1v) is 10.3. The highest BCUT2D eigenvalue weighted by molar-refractivity contribution is 6.88. The van der Waals surface area contributed by atoms with Crippen LogP contribution in [-0.4, -0.2) is 14.0 Å². The zero-order valence-electron chi connectivity index (χ0n) is 12.6. The van der Waals surface area contributed by atoms with E-state index in [1.807, 2.05) is 18.2 Å². The minimum atomic E-state index is -1.40. The zero-order valence-corrected chi connectivity index (χ0v) is 13.6. The number of hydrogen-bond acceptors (Lipinski definition) is 3. The van der Waals surface area contributed by atoms with Crippen LogP contribution >= 0.6 is 0 Å². The second-order valence-corrected chi connectivity index (χ2v) is 11.3. The van der Waals surface area contributed by atoms with Crippen molar-refractivity contribution in [3.8, 4) is 0 Å². The van der Waals surface area contributed by atoms with E-state index in [4.69, 9.17) is 11.5 Å². The van der Waals surface area contributed by atoms with Gasteiger partial charge in [-0.25, -0.2) is 0 Å². The Kier molecular flexibility index (Phi) is 4.04. The van der Waals surface area contributed by atoms with E-state index in [1.54, 1.807) is 18.2 Å². The van der Waals surface area contributed by atoms with Crippen molar-refractivity contribution in [1.82, 2.24) is 0 Å². The summed E-state index contributed by atoms with van der Waals surface area (Å²) in [6.07, 6.45) is 0. The summed E-state index contributed by atoms with van der Waals surface area (Å²) >= 11 is 0. The van der Waals surface area contributed by atoms with Crippen molar-refractivity contribution in [2.45, 2.75) is 19.6 Å². The Balaban J connectivity index is 2.23. The van der Waals surface area contributed by atoms with Gasteiger partial charge in [-0.2, -0.15) is 0 Å². The molecule has 0 fully saturated rings. The molecule has 0 atom stereocenters. The third kappa shape index (κ3) is 3.85. The van der Waals surface area contributed by atoms with Crippen molar-refractivity contribution in [3.05, 3.63) is 48.0 Å². The van der Waals surface area contributed by atoms with E-state index < -0.39 is 8.07 Å². The van der Waals surface area contributed by atoms with Gasteiger partial charge < -0.3 is 16.8 Å². The summed E-state index contributed by atoms with van der Waals surface area (Å²) in [5.74, 6) is -0.207. The second-order valence-electron chi connectivity index (χ2n) is 6.17. The number of rotatable bonds is 3. The van der Waals surface area contributed by atoms with Crippen LogP contribution in [0.15, 0.2) is 42.5 Å². The van der Waals surface area contributed by atoms with Gasteiger partial charge in [0.1, 0.15) is 0 Å². The Morgan fingerprint density at radius 2 is 1.62 bits per heavy atom. The Bertz CT molecular complexity index is 657. The topological polar surface area (TPSA) is 81.1 Å². The van der Waals surface area contributed by atoms with E-state index in [0.29, 0.717) is 16.9 Å². The molecule has 0 spiro atoms. The van der Waals surface area contributed by atoms with Crippen LogP contribution in [-0.2, 0) is 0 Å². The summed E-state index contributed by atoms with van der Waals surface area (Å²) in [6.45, 7) is 6.81. The number of hydrogen-bond donors (Lipinski definition) is 3. The summed E-state index contributed by atoms with van der Waals surface area (Å²) < 4.78 is 0. The molecule has 21 heavy (non-hydrogen) atoms. The Labute approximate surface area is 126 Å². The number of nitrogen functional groups attached to an aromatic ring is 2. The van der Waals surface area contributed by atoms with E-state index in [1.165, 1.54) is 5.19 Å². The first-order chi connectivity index (χ1) is 9.75. The molecule has 0 heterocycles. The largest absolute Gasteiger partial charge is 0.399 e. The van der Waals surface area contributed by atoms with Crippen LogP contribution in [0.4, 0.5) is 17.1 Å². The maximum absolute atomic E-state index is 12.3. The normalized spacial score (nSPS) is 11.2. The molecule has 0 saturated carbocycles. The molecule has 0 aliphatic heterocycles. The van der Waals surface area contributed by atoms with Crippen molar-refractivity contribution >= 4 is 36.2 Å². The van der Waals surface area contributed by atoms with Gasteiger partial charge in [-0.15, -0.1) is 0 Å². The predicted molar refractivity (Wildman–Crippen MR) is 92.6 cm³/mol. The molecule has 1 amide bonds. The van der Waals surface area contributed by atoms with E-state index in [9.17, 15) is 4.79 Å². The lowest BCUT2D eigenvalue weighted by Crippen LogP contribution is -2.37. The highest BCUT2D eigenvalue weighted by Crippen LogP contribution is 2.16. The fourth-order valence-corrected chi connectivity index (χ4v) is 3.26. The molecule has 5 N–H and O–H groups in total. The molecule has 0 unspecified atom stereocenters. The molecule has 0 aromatic heterocycles. The minimum absolute atomic E-state index is 0.207. The molecule has 0 saturated heterocycles. The van der Waals surface area contributed by atoms with Crippen molar-refractivity contribution in [1.29, 1.82) is 0 Å². The molecule has 2 aromatic carbocycles. The molecular formula is C16H21N3OSi. The van der Waals surface area contributed by atoms with Crippen molar-refractivity contribution in [2.75, 3.05) is 16.8 Å². The quantitative estimate of drug-likeness (QED) is 0.602. The molecular weight excluding hydrogens is 278 g/mol. The van der Waals surface area contributed by atoms with Gasteiger partial charge >= 0.3 is 0 Å². The van der Waals surface area contributed by atoms with Gasteiger partial charge in [0.15, 0.2) is 0 Å². The van der Waals surface area contributed by atoms with Crippen LogP contribution in [0, 0.1) is 0 Å². The number of carbonyl (C=O) groups excluding carboxylic acids is 1. The van der Waals surface area contributed by atoms with Gasteiger partial charge in [0, 0.05) is 22.6 Å². The van der Waals surface area contributed by atoms with Crippen LogP contribution in [0.3, 0.4) is 0 Å².